The molecule has 0 spiro atoms. The molecule has 4 aromatic carbocycles. The number of hydrogen-bond acceptors (Lipinski definition) is 7. The van der Waals surface area contributed by atoms with Crippen molar-refractivity contribution in [2.75, 3.05) is 20.7 Å². The summed E-state index contributed by atoms with van der Waals surface area (Å²) < 4.78 is 11.5. The molecule has 0 N–H and O–H groups in total. The molecular weight excluding hydrogens is 536 g/mol. The van der Waals surface area contributed by atoms with E-state index in [-0.39, 0.29) is 11.8 Å². The fourth-order valence-electron chi connectivity index (χ4n) is 5.77. The summed E-state index contributed by atoms with van der Waals surface area (Å²) in [4.78, 5) is 15.9. The molecule has 2 atom stereocenters. The minimum atomic E-state index is -0.875. The van der Waals surface area contributed by atoms with E-state index in [0.29, 0.717) is 23.3 Å². The molecule has 0 amide bonds. The van der Waals surface area contributed by atoms with Gasteiger partial charge in [0.25, 0.3) is 6.23 Å². The summed E-state index contributed by atoms with van der Waals surface area (Å²) in [7, 11) is 3.84. The van der Waals surface area contributed by atoms with E-state index in [4.69, 9.17) is 19.8 Å². The van der Waals surface area contributed by atoms with Crippen molar-refractivity contribution in [2.45, 2.75) is 38.1 Å². The van der Waals surface area contributed by atoms with Gasteiger partial charge in [0.2, 0.25) is 5.78 Å². The molecule has 2 unspecified atom stereocenters. The number of ketones is 1. The average Bonchev–Trinajstić information content (AvgIpc) is 3.51. The highest BCUT2D eigenvalue weighted by Crippen LogP contribution is 2.43. The van der Waals surface area contributed by atoms with Gasteiger partial charge in [-0.3, -0.25) is 4.79 Å². The lowest BCUT2D eigenvalue weighted by Gasteiger charge is -2.37. The molecular formula is C36H34N4O3. The Labute approximate surface area is 252 Å². The number of hydrogen-bond donors (Lipinski definition) is 0. The molecule has 0 aliphatic carbocycles. The Balaban J connectivity index is 1.12. The summed E-state index contributed by atoms with van der Waals surface area (Å²) in [6, 6.07) is 33.4. The van der Waals surface area contributed by atoms with E-state index < -0.39 is 6.23 Å². The molecule has 2 aliphatic rings. The number of hydrazone groups is 1. The first kappa shape index (κ1) is 28.2. The Hall–Kier alpha value is -4.93. The predicted octanol–water partition coefficient (Wildman–Crippen LogP) is 6.38. The van der Waals surface area contributed by atoms with Crippen LogP contribution in [0.1, 0.15) is 57.1 Å². The van der Waals surface area contributed by atoms with Crippen LogP contribution < -0.4 is 9.47 Å². The van der Waals surface area contributed by atoms with Gasteiger partial charge in [-0.15, -0.1) is 0 Å². The van der Waals surface area contributed by atoms with E-state index >= 15 is 0 Å². The van der Waals surface area contributed by atoms with Gasteiger partial charge < -0.3 is 14.4 Å². The molecule has 2 heterocycles. The van der Waals surface area contributed by atoms with Crippen LogP contribution in [0.4, 0.5) is 0 Å². The number of ether oxygens (including phenoxy) is 2. The minimum absolute atomic E-state index is 0.0896. The third-order valence-corrected chi connectivity index (χ3v) is 8.13. The van der Waals surface area contributed by atoms with E-state index in [2.05, 4.69) is 54.4 Å². The number of rotatable bonds is 10. The van der Waals surface area contributed by atoms with Crippen molar-refractivity contribution in [3.63, 3.8) is 0 Å². The van der Waals surface area contributed by atoms with Crippen molar-refractivity contribution >= 4 is 11.5 Å². The molecule has 7 nitrogen and oxygen atoms in total. The number of Topliss-reactive ketones (excluding diaryl/α,β-unsaturated/α-hetero) is 1. The molecule has 0 bridgehead atoms. The second kappa shape index (κ2) is 12.5. The summed E-state index contributed by atoms with van der Waals surface area (Å²) in [6.45, 7) is 1.91. The second-order valence-electron chi connectivity index (χ2n) is 11.1. The van der Waals surface area contributed by atoms with Gasteiger partial charge in [0, 0.05) is 24.1 Å². The first-order chi connectivity index (χ1) is 21.0. The number of benzene rings is 4. The summed E-state index contributed by atoms with van der Waals surface area (Å²) in [6.07, 6.45) is 1.87. The number of nitrogens with zero attached hydrogens (tertiary/aromatic N) is 4. The van der Waals surface area contributed by atoms with Gasteiger partial charge in [-0.05, 0) is 85.6 Å². The van der Waals surface area contributed by atoms with Crippen LogP contribution in [0.3, 0.4) is 0 Å². The molecule has 2 aliphatic heterocycles. The van der Waals surface area contributed by atoms with Gasteiger partial charge >= 0.3 is 0 Å². The Morgan fingerprint density at radius 1 is 1.00 bits per heavy atom. The standard InChI is InChI=1S/C36H34N4O3/c1-39(24-27-13-19-30(42-2)20-14-27)21-5-6-25-9-15-28(16-10-25)32-22-33-31-7-3-4-8-34(31)43-36(40(33)38-32)35(41)29-17-11-26(23-37)12-18-29/h3-4,7-20,33,36H,5-6,21-22,24H2,1-2H3. The van der Waals surface area contributed by atoms with Crippen molar-refractivity contribution in [1.29, 1.82) is 5.26 Å². The second-order valence-corrected chi connectivity index (χ2v) is 11.1. The smallest absolute Gasteiger partial charge is 0.251 e. The van der Waals surface area contributed by atoms with Crippen molar-refractivity contribution in [2.24, 2.45) is 5.10 Å². The first-order valence-electron chi connectivity index (χ1n) is 14.6. The number of para-hydroxylation sites is 1. The van der Waals surface area contributed by atoms with Crippen LogP contribution in [-0.2, 0) is 13.0 Å². The zero-order chi connectivity index (χ0) is 29.8. The van der Waals surface area contributed by atoms with Crippen LogP contribution in [0.2, 0.25) is 0 Å². The van der Waals surface area contributed by atoms with E-state index in [1.54, 1.807) is 31.4 Å². The molecule has 0 saturated carbocycles. The number of aryl methyl sites for hydroxylation is 1. The lowest BCUT2D eigenvalue weighted by molar-refractivity contribution is -0.00455. The third-order valence-electron chi connectivity index (χ3n) is 8.13. The maximum absolute atomic E-state index is 13.6. The number of fused-ring (bicyclic) bond motifs is 3. The molecule has 43 heavy (non-hydrogen) atoms. The topological polar surface area (TPSA) is 78.2 Å². The lowest BCUT2D eigenvalue weighted by Crippen LogP contribution is -2.45. The lowest BCUT2D eigenvalue weighted by atomic mass is 9.95. The van der Waals surface area contributed by atoms with Gasteiger partial charge in [0.05, 0.1) is 30.5 Å². The zero-order valence-electron chi connectivity index (χ0n) is 24.4. The van der Waals surface area contributed by atoms with E-state index in [1.807, 2.05) is 41.4 Å². The van der Waals surface area contributed by atoms with Crippen LogP contribution in [0.5, 0.6) is 11.5 Å². The minimum Gasteiger partial charge on any atom is -0.497 e. The van der Waals surface area contributed by atoms with Gasteiger partial charge in [-0.25, -0.2) is 5.01 Å². The number of nitriles is 1. The van der Waals surface area contributed by atoms with Crippen molar-refractivity contribution < 1.29 is 14.3 Å². The molecule has 0 fully saturated rings. The third kappa shape index (κ3) is 6.15. The fraction of sp³-hybridized carbons (Fsp3) is 0.250. The maximum Gasteiger partial charge on any atom is 0.251 e. The fourth-order valence-corrected chi connectivity index (χ4v) is 5.77. The van der Waals surface area contributed by atoms with Crippen LogP contribution >= 0.6 is 0 Å². The predicted molar refractivity (Wildman–Crippen MR) is 166 cm³/mol. The highest BCUT2D eigenvalue weighted by atomic mass is 16.5. The largest absolute Gasteiger partial charge is 0.497 e. The number of carbonyl (C=O) groups excluding carboxylic acids is 1. The van der Waals surface area contributed by atoms with Crippen molar-refractivity contribution in [3.05, 3.63) is 130 Å². The summed E-state index contributed by atoms with van der Waals surface area (Å²) in [5, 5.41) is 15.9. The molecule has 7 heteroatoms. The molecule has 4 aromatic rings. The van der Waals surface area contributed by atoms with Gasteiger partial charge in [-0.2, -0.15) is 10.4 Å². The molecule has 0 saturated heterocycles. The molecule has 0 aromatic heterocycles. The normalized spacial score (nSPS) is 17.0. The van der Waals surface area contributed by atoms with Crippen molar-refractivity contribution in [1.82, 2.24) is 9.91 Å². The van der Waals surface area contributed by atoms with E-state index in [0.717, 1.165) is 48.5 Å². The maximum atomic E-state index is 13.6. The van der Waals surface area contributed by atoms with Gasteiger partial charge in [0.15, 0.2) is 0 Å². The Morgan fingerprint density at radius 3 is 2.44 bits per heavy atom. The molecule has 216 valence electrons. The zero-order valence-corrected chi connectivity index (χ0v) is 24.4. The first-order valence-corrected chi connectivity index (χ1v) is 14.6. The summed E-state index contributed by atoms with van der Waals surface area (Å²) in [5.41, 5.74) is 6.58. The van der Waals surface area contributed by atoms with E-state index in [1.165, 1.54) is 11.1 Å². The Bertz CT molecular complexity index is 1660. The Kier molecular flexibility index (Phi) is 8.21. The quantitative estimate of drug-likeness (QED) is 0.206. The van der Waals surface area contributed by atoms with E-state index in [9.17, 15) is 4.79 Å². The highest BCUT2D eigenvalue weighted by molar-refractivity contribution is 6.03. The Morgan fingerprint density at radius 2 is 1.72 bits per heavy atom. The average molecular weight is 571 g/mol. The summed E-state index contributed by atoms with van der Waals surface area (Å²) in [5.74, 6) is 1.41. The van der Waals surface area contributed by atoms with Crippen LogP contribution in [0.15, 0.2) is 102 Å². The van der Waals surface area contributed by atoms with Gasteiger partial charge in [-0.1, -0.05) is 54.6 Å². The van der Waals surface area contributed by atoms with Gasteiger partial charge in [0.1, 0.15) is 11.5 Å². The SMILES string of the molecule is COc1ccc(CN(C)CCCc2ccc(C3=NN4C(C(=O)c5ccc(C#N)cc5)Oc5ccccc5C4C3)cc2)cc1. The molecule has 6 rings (SSSR count). The number of methoxy groups -OCH3 is 1. The van der Waals surface area contributed by atoms with Crippen LogP contribution in [-0.4, -0.2) is 48.3 Å². The summed E-state index contributed by atoms with van der Waals surface area (Å²) >= 11 is 0. The van der Waals surface area contributed by atoms with Crippen LogP contribution in [0.25, 0.3) is 0 Å². The number of carbonyl (C=O) groups is 1. The highest BCUT2D eigenvalue weighted by Gasteiger charge is 2.43. The monoisotopic (exact) mass is 570 g/mol. The van der Waals surface area contributed by atoms with Crippen molar-refractivity contribution in [3.8, 4) is 17.6 Å². The molecule has 0 radical (unpaired) electrons. The van der Waals surface area contributed by atoms with Crippen LogP contribution in [0, 0.1) is 11.3 Å².